The molecule has 0 unspecified atom stereocenters. The number of ether oxygens (including phenoxy) is 1. The third-order valence-electron chi connectivity index (χ3n) is 6.38. The van der Waals surface area contributed by atoms with Gasteiger partial charge >= 0.3 is 15.6 Å². The molecule has 4 nitrogen and oxygen atoms in total. The molecule has 8 heteroatoms. The zero-order valence-electron chi connectivity index (χ0n) is 20.1. The molecule has 0 amide bonds. The quantitative estimate of drug-likeness (QED) is 0.227. The molecule has 35 heavy (non-hydrogen) atoms. The van der Waals surface area contributed by atoms with E-state index in [0.717, 1.165) is 40.8 Å². The number of rotatable bonds is 9. The van der Waals surface area contributed by atoms with Gasteiger partial charge in [0.25, 0.3) is 0 Å². The van der Waals surface area contributed by atoms with Crippen LogP contribution in [0.2, 0.25) is 0 Å². The van der Waals surface area contributed by atoms with E-state index in [4.69, 9.17) is 4.74 Å². The summed E-state index contributed by atoms with van der Waals surface area (Å²) >= 11 is 0. The van der Waals surface area contributed by atoms with Crippen molar-refractivity contribution in [3.8, 4) is 11.5 Å². The van der Waals surface area contributed by atoms with E-state index in [1.165, 1.54) is 13.0 Å². The molecule has 3 rings (SSSR count). The Morgan fingerprint density at radius 1 is 0.771 bits per heavy atom. The maximum atomic E-state index is 12.7. The lowest BCUT2D eigenvalue weighted by molar-refractivity contribution is -0.0500. The van der Waals surface area contributed by atoms with Crippen molar-refractivity contribution < 1.29 is 30.5 Å². The zero-order chi connectivity index (χ0) is 25.9. The summed E-state index contributed by atoms with van der Waals surface area (Å²) in [6.45, 7) is 8.06. The van der Waals surface area contributed by atoms with E-state index in [1.54, 1.807) is 12.1 Å². The van der Waals surface area contributed by atoms with Crippen LogP contribution in [0.15, 0.2) is 66.7 Å². The Morgan fingerprint density at radius 2 is 1.29 bits per heavy atom. The minimum Gasteiger partial charge on any atom is -0.489 e. The van der Waals surface area contributed by atoms with Gasteiger partial charge in [-0.1, -0.05) is 68.4 Å². The van der Waals surface area contributed by atoms with Crippen molar-refractivity contribution in [2.45, 2.75) is 58.1 Å². The summed E-state index contributed by atoms with van der Waals surface area (Å²) in [6.07, 6.45) is 1.46. The van der Waals surface area contributed by atoms with Gasteiger partial charge in [0, 0.05) is 5.41 Å². The van der Waals surface area contributed by atoms with E-state index in [-0.39, 0.29) is 5.75 Å². The van der Waals surface area contributed by atoms with Crippen LogP contribution >= 0.6 is 0 Å². The van der Waals surface area contributed by atoms with Gasteiger partial charge in [-0.2, -0.15) is 21.6 Å². The van der Waals surface area contributed by atoms with Gasteiger partial charge in [-0.25, -0.2) is 0 Å². The predicted octanol–water partition coefficient (Wildman–Crippen LogP) is 7.22. The van der Waals surface area contributed by atoms with E-state index < -0.39 is 21.0 Å². The van der Waals surface area contributed by atoms with Gasteiger partial charge < -0.3 is 8.92 Å². The minimum absolute atomic E-state index is 0.307. The van der Waals surface area contributed by atoms with Crippen LogP contribution in [-0.2, 0) is 22.1 Å². The third-order valence-corrected chi connectivity index (χ3v) is 7.35. The molecule has 0 heterocycles. The van der Waals surface area contributed by atoms with Crippen molar-refractivity contribution in [2.75, 3.05) is 0 Å². The predicted molar refractivity (Wildman–Crippen MR) is 130 cm³/mol. The Hall–Kier alpha value is -3.00. The number of benzene rings is 3. The Bertz CT molecular complexity index is 1270. The molecule has 3 aromatic rings. The average molecular weight is 507 g/mol. The van der Waals surface area contributed by atoms with Gasteiger partial charge in [0.15, 0.2) is 0 Å². The first-order valence-electron chi connectivity index (χ1n) is 11.3. The highest BCUT2D eigenvalue weighted by Crippen LogP contribution is 2.42. The van der Waals surface area contributed by atoms with Crippen LogP contribution in [0.25, 0.3) is 0 Å². The summed E-state index contributed by atoms with van der Waals surface area (Å²) in [4.78, 5) is 0. The molecule has 3 aromatic carbocycles. The van der Waals surface area contributed by atoms with Gasteiger partial charge in [0.1, 0.15) is 18.1 Å². The normalized spacial score (nSPS) is 12.4. The molecule has 0 aliphatic carbocycles. The lowest BCUT2D eigenvalue weighted by atomic mass is 9.70. The van der Waals surface area contributed by atoms with Gasteiger partial charge in [-0.15, -0.1) is 0 Å². The van der Waals surface area contributed by atoms with E-state index in [0.29, 0.717) is 12.2 Å². The van der Waals surface area contributed by atoms with Gasteiger partial charge in [0.05, 0.1) is 0 Å². The highest BCUT2D eigenvalue weighted by molar-refractivity contribution is 7.88. The van der Waals surface area contributed by atoms with E-state index in [1.807, 2.05) is 63.2 Å². The fraction of sp³-hybridized carbons (Fsp3) is 0.333. The van der Waals surface area contributed by atoms with E-state index in [9.17, 15) is 21.6 Å². The third kappa shape index (κ3) is 5.64. The first-order chi connectivity index (χ1) is 16.4. The van der Waals surface area contributed by atoms with Crippen molar-refractivity contribution in [1.82, 2.24) is 0 Å². The lowest BCUT2D eigenvalue weighted by Crippen LogP contribution is -2.29. The van der Waals surface area contributed by atoms with Crippen LogP contribution < -0.4 is 8.92 Å². The monoisotopic (exact) mass is 506 g/mol. The van der Waals surface area contributed by atoms with Crippen LogP contribution in [0.3, 0.4) is 0 Å². The van der Waals surface area contributed by atoms with Crippen LogP contribution in [0.1, 0.15) is 54.5 Å². The molecular formula is C27H29F3O4S. The molecule has 0 spiro atoms. The number of alkyl halides is 3. The maximum absolute atomic E-state index is 12.7. The van der Waals surface area contributed by atoms with Crippen LogP contribution in [-0.4, -0.2) is 13.9 Å². The van der Waals surface area contributed by atoms with Gasteiger partial charge in [-0.05, 0) is 66.6 Å². The average Bonchev–Trinajstić information content (AvgIpc) is 2.81. The lowest BCUT2D eigenvalue weighted by Gasteiger charge is -2.34. The molecule has 0 fully saturated rings. The SMILES string of the molecule is CCC(CC)(c1ccc(OCc2ccccc2)c(C)c1)c1ccc(OS(=O)(=O)C(F)(F)F)c(C)c1. The van der Waals surface area contributed by atoms with Gasteiger partial charge in [0.2, 0.25) is 0 Å². The number of aryl methyl sites for hydroxylation is 2. The highest BCUT2D eigenvalue weighted by Gasteiger charge is 2.48. The summed E-state index contributed by atoms with van der Waals surface area (Å²) in [5.74, 6) is 0.434. The standard InChI is InChI=1S/C27H29F3O4S/c1-5-26(6-2,23-13-15-25(20(4)17-23)34-35(31,32)27(28,29)30)22-12-14-24(19(3)16-22)33-18-21-10-8-7-9-11-21/h7-17H,5-6,18H2,1-4H3. The number of hydrogen-bond acceptors (Lipinski definition) is 4. The Morgan fingerprint density at radius 3 is 1.74 bits per heavy atom. The molecule has 0 atom stereocenters. The summed E-state index contributed by atoms with van der Waals surface area (Å²) in [5.41, 5.74) is -1.65. The molecule has 0 N–H and O–H groups in total. The zero-order valence-corrected chi connectivity index (χ0v) is 21.0. The number of halogens is 3. The molecule has 0 radical (unpaired) electrons. The van der Waals surface area contributed by atoms with Crippen molar-refractivity contribution in [3.05, 3.63) is 94.5 Å². The first-order valence-corrected chi connectivity index (χ1v) is 12.7. The largest absolute Gasteiger partial charge is 0.534 e. The second kappa shape index (κ2) is 10.3. The smallest absolute Gasteiger partial charge is 0.489 e. The molecule has 0 saturated carbocycles. The van der Waals surface area contributed by atoms with Crippen molar-refractivity contribution in [1.29, 1.82) is 0 Å². The fourth-order valence-corrected chi connectivity index (χ4v) is 4.80. The topological polar surface area (TPSA) is 52.6 Å². The van der Waals surface area contributed by atoms with E-state index >= 15 is 0 Å². The number of hydrogen-bond donors (Lipinski definition) is 0. The van der Waals surface area contributed by atoms with Crippen molar-refractivity contribution in [2.24, 2.45) is 0 Å². The fourth-order valence-electron chi connectivity index (χ4n) is 4.28. The summed E-state index contributed by atoms with van der Waals surface area (Å²) < 4.78 is 71.5. The molecule has 0 aromatic heterocycles. The Labute approximate surface area is 204 Å². The maximum Gasteiger partial charge on any atom is 0.534 e. The summed E-state index contributed by atoms with van der Waals surface area (Å²) in [5, 5.41) is 0. The minimum atomic E-state index is -5.73. The van der Waals surface area contributed by atoms with E-state index in [2.05, 4.69) is 10.2 Å². The van der Waals surface area contributed by atoms with Crippen LogP contribution in [0.5, 0.6) is 11.5 Å². The second-order valence-corrected chi connectivity index (χ2v) is 10.0. The Kier molecular flexibility index (Phi) is 7.84. The molecule has 0 aliphatic rings. The highest BCUT2D eigenvalue weighted by atomic mass is 32.2. The van der Waals surface area contributed by atoms with Crippen molar-refractivity contribution >= 4 is 10.1 Å². The Balaban J connectivity index is 1.91. The summed E-state index contributed by atoms with van der Waals surface area (Å²) in [7, 11) is -5.73. The molecule has 188 valence electrons. The second-order valence-electron chi connectivity index (χ2n) is 8.51. The first kappa shape index (κ1) is 26.6. The van der Waals surface area contributed by atoms with Gasteiger partial charge in [-0.3, -0.25) is 0 Å². The van der Waals surface area contributed by atoms with Crippen molar-refractivity contribution in [3.63, 3.8) is 0 Å². The molecular weight excluding hydrogens is 477 g/mol. The summed E-state index contributed by atoms with van der Waals surface area (Å²) in [6, 6.07) is 20.5. The van der Waals surface area contributed by atoms with Crippen LogP contribution in [0.4, 0.5) is 13.2 Å². The molecule has 0 aliphatic heterocycles. The van der Waals surface area contributed by atoms with Crippen LogP contribution in [0, 0.1) is 13.8 Å². The molecule has 0 bridgehead atoms. The molecule has 0 saturated heterocycles.